The number of fused-ring (bicyclic) bond motifs is 2. The third kappa shape index (κ3) is 2.17. The summed E-state index contributed by atoms with van der Waals surface area (Å²) >= 11 is 0. The summed E-state index contributed by atoms with van der Waals surface area (Å²) in [5, 5.41) is 0. The fraction of sp³-hybridized carbons (Fsp3) is 0.250. The third-order valence-electron chi connectivity index (χ3n) is 1.78. The van der Waals surface area contributed by atoms with Crippen LogP contribution in [0.3, 0.4) is 0 Å². The number of phosphoric acid groups is 1. The molecule has 5 heteroatoms. The molecule has 70 valence electrons. The molecule has 1 aromatic rings. The van der Waals surface area contributed by atoms with Gasteiger partial charge >= 0.3 is 7.82 Å². The Balaban J connectivity index is 2.31. The molecule has 0 atom stereocenters. The molecule has 2 rings (SSSR count). The molecule has 0 aromatic heterocycles. The smallest absolute Gasteiger partial charge is 0.302 e. The van der Waals surface area contributed by atoms with Crippen LogP contribution in [0.1, 0.15) is 11.1 Å². The van der Waals surface area contributed by atoms with Crippen LogP contribution in [-0.2, 0) is 26.8 Å². The molecule has 1 aliphatic rings. The van der Waals surface area contributed by atoms with Gasteiger partial charge in [-0.15, -0.1) is 0 Å². The molecule has 4 nitrogen and oxygen atoms in total. The zero-order valence-electron chi connectivity index (χ0n) is 6.84. The lowest BCUT2D eigenvalue weighted by molar-refractivity contribution is 0.134. The first-order chi connectivity index (χ1) is 6.16. The topological polar surface area (TPSA) is 55.8 Å². The number of phosphoric ester groups is 1. The van der Waals surface area contributed by atoms with Crippen molar-refractivity contribution in [2.24, 2.45) is 0 Å². The Bertz CT molecular complexity index is 336. The van der Waals surface area contributed by atoms with Crippen LogP contribution in [0.4, 0.5) is 0 Å². The molecule has 1 N–H and O–H groups in total. The van der Waals surface area contributed by atoms with Gasteiger partial charge in [0.25, 0.3) is 0 Å². The van der Waals surface area contributed by atoms with Crippen molar-refractivity contribution in [3.8, 4) is 0 Å². The van der Waals surface area contributed by atoms with E-state index >= 15 is 0 Å². The van der Waals surface area contributed by atoms with Crippen molar-refractivity contribution in [2.75, 3.05) is 0 Å². The quantitative estimate of drug-likeness (QED) is 0.649. The molecule has 1 aliphatic heterocycles. The largest absolute Gasteiger partial charge is 0.472 e. The number of hydrogen-bond acceptors (Lipinski definition) is 3. The van der Waals surface area contributed by atoms with Gasteiger partial charge in [0, 0.05) is 0 Å². The highest BCUT2D eigenvalue weighted by Gasteiger charge is 2.22. The summed E-state index contributed by atoms with van der Waals surface area (Å²) in [6.45, 7) is 0.225. The first kappa shape index (κ1) is 8.91. The second-order valence-electron chi connectivity index (χ2n) is 2.84. The molecular formula is C8H9O4P. The summed E-state index contributed by atoms with van der Waals surface area (Å²) in [5.41, 5.74) is 1.77. The van der Waals surface area contributed by atoms with Crippen LogP contribution >= 0.6 is 7.82 Å². The summed E-state index contributed by atoms with van der Waals surface area (Å²) in [4.78, 5) is 9.07. The minimum atomic E-state index is -3.83. The lowest BCUT2D eigenvalue weighted by atomic mass is 10.1. The van der Waals surface area contributed by atoms with E-state index in [4.69, 9.17) is 13.9 Å². The number of benzene rings is 1. The highest BCUT2D eigenvalue weighted by Crippen LogP contribution is 2.45. The van der Waals surface area contributed by atoms with E-state index < -0.39 is 7.82 Å². The van der Waals surface area contributed by atoms with E-state index in [0.29, 0.717) is 0 Å². The molecule has 0 spiro atoms. The zero-order chi connectivity index (χ0) is 9.31. The van der Waals surface area contributed by atoms with Gasteiger partial charge in [0.15, 0.2) is 0 Å². The highest BCUT2D eigenvalue weighted by atomic mass is 31.2. The average molecular weight is 200 g/mol. The Morgan fingerprint density at radius 3 is 2.31 bits per heavy atom. The lowest BCUT2D eigenvalue weighted by Crippen LogP contribution is -2.01. The van der Waals surface area contributed by atoms with E-state index in [2.05, 4.69) is 0 Å². The van der Waals surface area contributed by atoms with Crippen LogP contribution in [0.15, 0.2) is 24.3 Å². The Morgan fingerprint density at radius 2 is 1.77 bits per heavy atom. The van der Waals surface area contributed by atoms with E-state index in [9.17, 15) is 4.57 Å². The first-order valence-electron chi connectivity index (χ1n) is 3.85. The van der Waals surface area contributed by atoms with E-state index in [-0.39, 0.29) is 13.2 Å². The summed E-state index contributed by atoms with van der Waals surface area (Å²) < 4.78 is 20.5. The number of hydrogen-bond donors (Lipinski definition) is 1. The Morgan fingerprint density at radius 1 is 1.23 bits per heavy atom. The second kappa shape index (κ2) is 3.24. The van der Waals surface area contributed by atoms with Gasteiger partial charge in [-0.25, -0.2) is 4.57 Å². The molecule has 0 saturated heterocycles. The van der Waals surface area contributed by atoms with Crippen molar-refractivity contribution >= 4 is 7.82 Å². The van der Waals surface area contributed by atoms with Gasteiger partial charge in [-0.3, -0.25) is 9.05 Å². The average Bonchev–Trinajstić information content (AvgIpc) is 2.12. The predicted molar refractivity (Wildman–Crippen MR) is 45.8 cm³/mol. The fourth-order valence-corrected chi connectivity index (χ4v) is 1.86. The second-order valence-corrected chi connectivity index (χ2v) is 4.29. The molecule has 2 bridgehead atoms. The van der Waals surface area contributed by atoms with Crippen LogP contribution in [0.25, 0.3) is 0 Å². The van der Waals surface area contributed by atoms with Crippen LogP contribution in [0.2, 0.25) is 0 Å². The first-order valence-corrected chi connectivity index (χ1v) is 5.35. The van der Waals surface area contributed by atoms with Crippen molar-refractivity contribution in [3.05, 3.63) is 35.4 Å². The molecular weight excluding hydrogens is 191 g/mol. The van der Waals surface area contributed by atoms with Gasteiger partial charge in [0.2, 0.25) is 0 Å². The van der Waals surface area contributed by atoms with E-state index in [0.717, 1.165) is 11.1 Å². The van der Waals surface area contributed by atoms with Crippen LogP contribution in [0.5, 0.6) is 0 Å². The van der Waals surface area contributed by atoms with Gasteiger partial charge in [-0.2, -0.15) is 0 Å². The minimum Gasteiger partial charge on any atom is -0.302 e. The van der Waals surface area contributed by atoms with Crippen LogP contribution < -0.4 is 0 Å². The maximum absolute atomic E-state index is 11.1. The van der Waals surface area contributed by atoms with Crippen molar-refractivity contribution in [2.45, 2.75) is 13.2 Å². The summed E-state index contributed by atoms with van der Waals surface area (Å²) in [6.07, 6.45) is 0. The fourth-order valence-electron chi connectivity index (χ4n) is 1.16. The molecule has 1 aromatic carbocycles. The lowest BCUT2D eigenvalue weighted by Gasteiger charge is -2.15. The molecule has 0 radical (unpaired) electrons. The van der Waals surface area contributed by atoms with Gasteiger partial charge in [-0.1, -0.05) is 24.3 Å². The molecule has 0 amide bonds. The molecule has 0 saturated carbocycles. The summed E-state index contributed by atoms with van der Waals surface area (Å²) in [7, 11) is -3.83. The van der Waals surface area contributed by atoms with Gasteiger partial charge in [-0.05, 0) is 11.1 Å². The van der Waals surface area contributed by atoms with Gasteiger partial charge in [0.05, 0.1) is 13.2 Å². The Labute approximate surface area is 75.7 Å². The standard InChI is InChI=1S/C8H9O4P/c9-13(10)11-5-7-2-1-3-8(4-7)6-12-13/h1-4H,5-6H2,(H,9,10). The van der Waals surface area contributed by atoms with Crippen molar-refractivity contribution < 1.29 is 18.5 Å². The van der Waals surface area contributed by atoms with Crippen LogP contribution in [-0.4, -0.2) is 4.89 Å². The number of rotatable bonds is 0. The van der Waals surface area contributed by atoms with Gasteiger partial charge in [0.1, 0.15) is 0 Å². The minimum absolute atomic E-state index is 0.113. The highest BCUT2D eigenvalue weighted by molar-refractivity contribution is 7.47. The van der Waals surface area contributed by atoms with Crippen molar-refractivity contribution in [3.63, 3.8) is 0 Å². The molecule has 0 fully saturated rings. The van der Waals surface area contributed by atoms with E-state index in [1.807, 2.05) is 24.3 Å². The van der Waals surface area contributed by atoms with Gasteiger partial charge < -0.3 is 4.89 Å². The van der Waals surface area contributed by atoms with Crippen molar-refractivity contribution in [1.29, 1.82) is 0 Å². The summed E-state index contributed by atoms with van der Waals surface area (Å²) in [6, 6.07) is 7.44. The molecule has 0 unspecified atom stereocenters. The summed E-state index contributed by atoms with van der Waals surface area (Å²) in [5.74, 6) is 0. The Kier molecular flexibility index (Phi) is 2.22. The Hall–Kier alpha value is -0.670. The van der Waals surface area contributed by atoms with Crippen LogP contribution in [0, 0.1) is 0 Å². The predicted octanol–water partition coefficient (Wildman–Crippen LogP) is 1.83. The third-order valence-corrected chi connectivity index (χ3v) is 2.69. The van der Waals surface area contributed by atoms with E-state index in [1.165, 1.54) is 0 Å². The van der Waals surface area contributed by atoms with Crippen molar-refractivity contribution in [1.82, 2.24) is 0 Å². The molecule has 13 heavy (non-hydrogen) atoms. The monoisotopic (exact) mass is 200 g/mol. The van der Waals surface area contributed by atoms with E-state index in [1.54, 1.807) is 0 Å². The molecule has 0 aliphatic carbocycles. The molecule has 1 heterocycles. The maximum atomic E-state index is 11.1. The maximum Gasteiger partial charge on any atom is 0.472 e. The zero-order valence-corrected chi connectivity index (χ0v) is 7.74. The SMILES string of the molecule is O=P1(O)OCc2cccc(c2)CO1. The normalized spacial score (nSPS) is 20.4.